The Labute approximate surface area is 87.1 Å². The van der Waals surface area contributed by atoms with E-state index < -0.39 is 0 Å². The highest BCUT2D eigenvalue weighted by Gasteiger charge is 2.41. The van der Waals surface area contributed by atoms with Crippen molar-refractivity contribution in [2.75, 3.05) is 0 Å². The van der Waals surface area contributed by atoms with E-state index in [1.807, 2.05) is 0 Å². The van der Waals surface area contributed by atoms with Gasteiger partial charge in [0.15, 0.2) is 0 Å². The fourth-order valence-electron chi connectivity index (χ4n) is 3.51. The summed E-state index contributed by atoms with van der Waals surface area (Å²) in [6, 6.07) is 0.650. The molecule has 1 saturated carbocycles. The maximum atomic E-state index is 9.67. The van der Waals surface area contributed by atoms with E-state index in [1.165, 1.54) is 6.42 Å². The highest BCUT2D eigenvalue weighted by molar-refractivity contribution is 4.98. The molecular formula is C12H23NO. The van der Waals surface area contributed by atoms with Gasteiger partial charge >= 0.3 is 0 Å². The second-order valence-corrected chi connectivity index (χ2v) is 5.95. The van der Waals surface area contributed by atoms with Gasteiger partial charge < -0.3 is 10.4 Å². The molecule has 0 radical (unpaired) electrons. The predicted molar refractivity (Wildman–Crippen MR) is 58.1 cm³/mol. The minimum absolute atomic E-state index is 0.0401. The second kappa shape index (κ2) is 3.49. The lowest BCUT2D eigenvalue weighted by Crippen LogP contribution is -2.58. The highest BCUT2D eigenvalue weighted by atomic mass is 16.3. The summed E-state index contributed by atoms with van der Waals surface area (Å²) < 4.78 is 0. The molecule has 2 fully saturated rings. The minimum Gasteiger partial charge on any atom is -0.393 e. The number of fused-ring (bicyclic) bond motifs is 1. The number of rotatable bonds is 0. The summed E-state index contributed by atoms with van der Waals surface area (Å²) in [5, 5.41) is 13.4. The molecular weight excluding hydrogens is 174 g/mol. The topological polar surface area (TPSA) is 32.3 Å². The van der Waals surface area contributed by atoms with E-state index in [4.69, 9.17) is 0 Å². The molecule has 0 spiro atoms. The van der Waals surface area contributed by atoms with Crippen molar-refractivity contribution >= 4 is 0 Å². The van der Waals surface area contributed by atoms with Crippen molar-refractivity contribution in [3.8, 4) is 0 Å². The highest BCUT2D eigenvalue weighted by Crippen LogP contribution is 2.39. The summed E-state index contributed by atoms with van der Waals surface area (Å²) >= 11 is 0. The first kappa shape index (κ1) is 10.4. The average Bonchev–Trinajstić information content (AvgIpc) is 2.05. The van der Waals surface area contributed by atoms with E-state index in [9.17, 15) is 5.11 Å². The quantitative estimate of drug-likeness (QED) is 0.622. The molecule has 2 heteroatoms. The van der Waals surface area contributed by atoms with Crippen LogP contribution in [0.2, 0.25) is 0 Å². The summed E-state index contributed by atoms with van der Waals surface area (Å²) in [5.41, 5.74) is 0.295. The molecule has 0 aromatic rings. The predicted octanol–water partition coefficient (Wildman–Crippen LogP) is 1.92. The molecule has 82 valence electrons. The molecule has 2 aliphatic rings. The van der Waals surface area contributed by atoms with Crippen LogP contribution in [0.15, 0.2) is 0 Å². The number of nitrogens with one attached hydrogen (secondary N) is 1. The fraction of sp³-hybridized carbons (Fsp3) is 1.00. The lowest BCUT2D eigenvalue weighted by atomic mass is 9.68. The molecule has 1 aliphatic carbocycles. The summed E-state index contributed by atoms with van der Waals surface area (Å²) in [6.45, 7) is 6.94. The number of hydrogen-bond acceptors (Lipinski definition) is 2. The Morgan fingerprint density at radius 1 is 1.29 bits per heavy atom. The maximum absolute atomic E-state index is 9.67. The van der Waals surface area contributed by atoms with Crippen molar-refractivity contribution in [1.29, 1.82) is 0 Å². The monoisotopic (exact) mass is 197 g/mol. The minimum atomic E-state index is -0.0401. The fourth-order valence-corrected chi connectivity index (χ4v) is 3.51. The van der Waals surface area contributed by atoms with Crippen LogP contribution in [0, 0.1) is 11.8 Å². The average molecular weight is 197 g/mol. The third-order valence-electron chi connectivity index (χ3n) is 4.01. The van der Waals surface area contributed by atoms with Gasteiger partial charge in [0.05, 0.1) is 6.10 Å². The lowest BCUT2D eigenvalue weighted by molar-refractivity contribution is 0.0170. The first-order valence-electron chi connectivity index (χ1n) is 5.94. The molecule has 0 aromatic heterocycles. The van der Waals surface area contributed by atoms with Gasteiger partial charge in [-0.05, 0) is 51.4 Å². The van der Waals surface area contributed by atoms with Gasteiger partial charge in [0.2, 0.25) is 0 Å². The van der Waals surface area contributed by atoms with Gasteiger partial charge in [-0.15, -0.1) is 0 Å². The van der Waals surface area contributed by atoms with Crippen molar-refractivity contribution in [1.82, 2.24) is 5.32 Å². The van der Waals surface area contributed by atoms with E-state index in [0.29, 0.717) is 17.5 Å². The lowest BCUT2D eigenvalue weighted by Gasteiger charge is -2.49. The zero-order valence-electron chi connectivity index (χ0n) is 9.59. The van der Waals surface area contributed by atoms with Crippen molar-refractivity contribution in [3.63, 3.8) is 0 Å². The SMILES string of the molecule is CC1CC(C)(C)NC2CCC(O)CC12. The van der Waals surface area contributed by atoms with E-state index >= 15 is 0 Å². The first-order chi connectivity index (χ1) is 6.48. The van der Waals surface area contributed by atoms with Gasteiger partial charge in [0.25, 0.3) is 0 Å². The van der Waals surface area contributed by atoms with Crippen LogP contribution < -0.4 is 5.32 Å². The molecule has 1 aliphatic heterocycles. The largest absolute Gasteiger partial charge is 0.393 e. The summed E-state index contributed by atoms with van der Waals surface area (Å²) in [7, 11) is 0. The van der Waals surface area contributed by atoms with Crippen molar-refractivity contribution in [3.05, 3.63) is 0 Å². The van der Waals surface area contributed by atoms with Crippen molar-refractivity contribution in [2.24, 2.45) is 11.8 Å². The van der Waals surface area contributed by atoms with Crippen LogP contribution in [0.25, 0.3) is 0 Å². The Balaban J connectivity index is 2.07. The van der Waals surface area contributed by atoms with E-state index in [1.54, 1.807) is 0 Å². The van der Waals surface area contributed by atoms with Gasteiger partial charge in [0, 0.05) is 11.6 Å². The third-order valence-corrected chi connectivity index (χ3v) is 4.01. The molecule has 4 unspecified atom stereocenters. The molecule has 0 aromatic carbocycles. The Kier molecular flexibility index (Phi) is 2.61. The normalized spacial score (nSPS) is 47.1. The summed E-state index contributed by atoms with van der Waals surface area (Å²) in [6.07, 6.45) is 4.34. The molecule has 0 bridgehead atoms. The Bertz CT molecular complexity index is 214. The molecule has 1 heterocycles. The number of aliphatic hydroxyl groups excluding tert-OH is 1. The number of piperidine rings is 1. The van der Waals surface area contributed by atoms with Crippen LogP contribution in [-0.4, -0.2) is 22.8 Å². The van der Waals surface area contributed by atoms with Crippen LogP contribution in [0.4, 0.5) is 0 Å². The number of aliphatic hydroxyl groups is 1. The van der Waals surface area contributed by atoms with Gasteiger partial charge in [-0.1, -0.05) is 6.92 Å². The Hall–Kier alpha value is -0.0800. The molecule has 2 rings (SSSR count). The maximum Gasteiger partial charge on any atom is 0.0544 e. The molecule has 1 saturated heterocycles. The van der Waals surface area contributed by atoms with Gasteiger partial charge in [-0.2, -0.15) is 0 Å². The van der Waals surface area contributed by atoms with E-state index in [0.717, 1.165) is 25.2 Å². The zero-order chi connectivity index (χ0) is 10.3. The third kappa shape index (κ3) is 1.96. The van der Waals surface area contributed by atoms with Crippen LogP contribution in [0.5, 0.6) is 0 Å². The van der Waals surface area contributed by atoms with Crippen LogP contribution in [0.3, 0.4) is 0 Å². The molecule has 0 amide bonds. The summed E-state index contributed by atoms with van der Waals surface area (Å²) in [4.78, 5) is 0. The van der Waals surface area contributed by atoms with Gasteiger partial charge in [-0.3, -0.25) is 0 Å². The van der Waals surface area contributed by atoms with Crippen LogP contribution in [0.1, 0.15) is 46.5 Å². The van der Waals surface area contributed by atoms with E-state index in [2.05, 4.69) is 26.1 Å². The van der Waals surface area contributed by atoms with Crippen LogP contribution >= 0.6 is 0 Å². The Morgan fingerprint density at radius 3 is 2.71 bits per heavy atom. The molecule has 14 heavy (non-hydrogen) atoms. The number of hydrogen-bond donors (Lipinski definition) is 2. The van der Waals surface area contributed by atoms with E-state index in [-0.39, 0.29) is 6.10 Å². The van der Waals surface area contributed by atoms with Gasteiger partial charge in [-0.25, -0.2) is 0 Å². The second-order valence-electron chi connectivity index (χ2n) is 5.95. The molecule has 2 nitrogen and oxygen atoms in total. The van der Waals surface area contributed by atoms with Crippen molar-refractivity contribution in [2.45, 2.75) is 64.1 Å². The zero-order valence-corrected chi connectivity index (χ0v) is 9.59. The Morgan fingerprint density at radius 2 is 2.00 bits per heavy atom. The smallest absolute Gasteiger partial charge is 0.0544 e. The summed E-state index contributed by atoms with van der Waals surface area (Å²) in [5.74, 6) is 1.46. The standard InChI is InChI=1S/C12H23NO/c1-8-7-12(2,3)13-11-5-4-9(14)6-10(8)11/h8-11,13-14H,4-7H2,1-3H3. The molecule has 2 N–H and O–H groups in total. The van der Waals surface area contributed by atoms with Crippen molar-refractivity contribution < 1.29 is 5.11 Å². The van der Waals surface area contributed by atoms with Crippen LogP contribution in [-0.2, 0) is 0 Å². The molecule has 4 atom stereocenters. The first-order valence-corrected chi connectivity index (χ1v) is 5.94. The van der Waals surface area contributed by atoms with Gasteiger partial charge in [0.1, 0.15) is 0 Å².